The third-order valence-electron chi connectivity index (χ3n) is 5.40. The van der Waals surface area contributed by atoms with Crippen LogP contribution >= 0.6 is 0 Å². The largest absolute Gasteiger partial charge is 0.307 e. The Balaban J connectivity index is 1.53. The number of carbonyl (C=O) groups is 1. The number of Topliss-reactive ketones (excluding diaryl/α,β-unsaturated/α-hetero) is 1. The van der Waals surface area contributed by atoms with Crippen molar-refractivity contribution in [1.82, 2.24) is 10.6 Å². The summed E-state index contributed by atoms with van der Waals surface area (Å²) in [6.07, 6.45) is 1.77. The fourth-order valence-electron chi connectivity index (χ4n) is 4.00. The first-order valence-corrected chi connectivity index (χ1v) is 9.96. The topological polar surface area (TPSA) is 41.1 Å². The first-order valence-electron chi connectivity index (χ1n) is 9.96. The molecule has 3 nitrogen and oxygen atoms in total. The molecule has 1 aliphatic rings. The number of nitrogens with one attached hydrogen (secondary N) is 2. The highest BCUT2D eigenvalue weighted by Crippen LogP contribution is 2.16. The Morgan fingerprint density at radius 2 is 1.29 bits per heavy atom. The molecule has 0 radical (unpaired) electrons. The predicted octanol–water partition coefficient (Wildman–Crippen LogP) is 3.65. The zero-order chi connectivity index (χ0) is 19.2. The second-order valence-electron chi connectivity index (χ2n) is 7.47. The Morgan fingerprint density at radius 1 is 0.750 bits per heavy atom. The highest BCUT2D eigenvalue weighted by molar-refractivity contribution is 6.00. The van der Waals surface area contributed by atoms with E-state index in [2.05, 4.69) is 59.2 Å². The average Bonchev–Trinajstić information content (AvgIpc) is 2.76. The molecule has 2 N–H and O–H groups in total. The molecule has 0 saturated carbocycles. The number of piperazine rings is 1. The van der Waals surface area contributed by atoms with E-state index in [1.165, 1.54) is 11.1 Å². The molecule has 1 heterocycles. The SMILES string of the molecule is O=C(c1ccccc1)C1NCC(Cc2ccccc2)NC1Cc1ccccc1. The van der Waals surface area contributed by atoms with Crippen molar-refractivity contribution in [2.75, 3.05) is 6.54 Å². The third kappa shape index (κ3) is 4.56. The number of hydrogen-bond acceptors (Lipinski definition) is 3. The lowest BCUT2D eigenvalue weighted by atomic mass is 9.89. The predicted molar refractivity (Wildman–Crippen MR) is 114 cm³/mol. The monoisotopic (exact) mass is 370 g/mol. The van der Waals surface area contributed by atoms with Gasteiger partial charge in [0, 0.05) is 24.2 Å². The van der Waals surface area contributed by atoms with Crippen molar-refractivity contribution in [2.45, 2.75) is 31.0 Å². The van der Waals surface area contributed by atoms with Crippen molar-refractivity contribution in [3.8, 4) is 0 Å². The second-order valence-corrected chi connectivity index (χ2v) is 7.47. The maximum absolute atomic E-state index is 13.2. The van der Waals surface area contributed by atoms with Crippen LogP contribution in [0.15, 0.2) is 91.0 Å². The van der Waals surface area contributed by atoms with E-state index in [0.717, 1.165) is 24.9 Å². The van der Waals surface area contributed by atoms with Crippen LogP contribution in [0.5, 0.6) is 0 Å². The molecule has 3 atom stereocenters. The van der Waals surface area contributed by atoms with Gasteiger partial charge in [0.15, 0.2) is 5.78 Å². The van der Waals surface area contributed by atoms with Gasteiger partial charge in [-0.2, -0.15) is 0 Å². The first kappa shape index (κ1) is 18.6. The molecule has 3 aromatic rings. The van der Waals surface area contributed by atoms with Crippen LogP contribution in [-0.4, -0.2) is 30.5 Å². The van der Waals surface area contributed by atoms with Crippen molar-refractivity contribution in [1.29, 1.82) is 0 Å². The molecule has 3 heteroatoms. The van der Waals surface area contributed by atoms with E-state index in [9.17, 15) is 4.79 Å². The van der Waals surface area contributed by atoms with E-state index in [4.69, 9.17) is 0 Å². The molecule has 0 amide bonds. The van der Waals surface area contributed by atoms with E-state index in [1.807, 2.05) is 42.5 Å². The van der Waals surface area contributed by atoms with Crippen molar-refractivity contribution in [3.63, 3.8) is 0 Å². The lowest BCUT2D eigenvalue weighted by Crippen LogP contribution is -2.64. The fraction of sp³-hybridized carbons (Fsp3) is 0.240. The lowest BCUT2D eigenvalue weighted by molar-refractivity contribution is 0.0891. The standard InChI is InChI=1S/C25H26N2O/c28-25(21-14-8-3-9-15-21)24-23(17-20-12-6-2-7-13-20)27-22(18-26-24)16-19-10-4-1-5-11-19/h1-15,22-24,26-27H,16-18H2. The summed E-state index contributed by atoms with van der Waals surface area (Å²) < 4.78 is 0. The van der Waals surface area contributed by atoms with E-state index in [0.29, 0.717) is 6.04 Å². The van der Waals surface area contributed by atoms with Crippen LogP contribution in [0.4, 0.5) is 0 Å². The van der Waals surface area contributed by atoms with Gasteiger partial charge >= 0.3 is 0 Å². The van der Waals surface area contributed by atoms with Crippen molar-refractivity contribution >= 4 is 5.78 Å². The molecule has 0 aliphatic carbocycles. The highest BCUT2D eigenvalue weighted by atomic mass is 16.1. The summed E-state index contributed by atoms with van der Waals surface area (Å²) in [5, 5.41) is 7.31. The first-order chi connectivity index (χ1) is 13.8. The van der Waals surface area contributed by atoms with Gasteiger partial charge in [0.25, 0.3) is 0 Å². The van der Waals surface area contributed by atoms with Crippen molar-refractivity contribution < 1.29 is 4.79 Å². The van der Waals surface area contributed by atoms with E-state index in [1.54, 1.807) is 0 Å². The van der Waals surface area contributed by atoms with Gasteiger partial charge in [-0.15, -0.1) is 0 Å². The lowest BCUT2D eigenvalue weighted by Gasteiger charge is -2.38. The number of benzene rings is 3. The number of rotatable bonds is 6. The van der Waals surface area contributed by atoms with E-state index in [-0.39, 0.29) is 17.9 Å². The van der Waals surface area contributed by atoms with Crippen LogP contribution in [0.2, 0.25) is 0 Å². The minimum absolute atomic E-state index is 0.0533. The molecule has 3 unspecified atom stereocenters. The molecule has 142 valence electrons. The molecule has 4 rings (SSSR count). The molecule has 1 fully saturated rings. The van der Waals surface area contributed by atoms with Crippen LogP contribution in [0, 0.1) is 0 Å². The minimum atomic E-state index is -0.227. The van der Waals surface area contributed by atoms with Gasteiger partial charge in [0.05, 0.1) is 6.04 Å². The summed E-state index contributed by atoms with van der Waals surface area (Å²) in [5.74, 6) is 0.159. The van der Waals surface area contributed by atoms with Crippen LogP contribution < -0.4 is 10.6 Å². The van der Waals surface area contributed by atoms with E-state index < -0.39 is 0 Å². The summed E-state index contributed by atoms with van der Waals surface area (Å²) >= 11 is 0. The average molecular weight is 370 g/mol. The zero-order valence-corrected chi connectivity index (χ0v) is 15.9. The smallest absolute Gasteiger partial charge is 0.181 e. The summed E-state index contributed by atoms with van der Waals surface area (Å²) in [4.78, 5) is 13.2. The molecule has 28 heavy (non-hydrogen) atoms. The Bertz CT molecular complexity index is 880. The van der Waals surface area contributed by atoms with Gasteiger partial charge in [-0.3, -0.25) is 4.79 Å². The van der Waals surface area contributed by atoms with E-state index >= 15 is 0 Å². The van der Waals surface area contributed by atoms with Crippen LogP contribution in [0.3, 0.4) is 0 Å². The van der Waals surface area contributed by atoms with Gasteiger partial charge < -0.3 is 10.6 Å². The quantitative estimate of drug-likeness (QED) is 0.651. The van der Waals surface area contributed by atoms with Gasteiger partial charge in [0.1, 0.15) is 0 Å². The van der Waals surface area contributed by atoms with Crippen molar-refractivity contribution in [2.24, 2.45) is 0 Å². The number of ketones is 1. The zero-order valence-electron chi connectivity index (χ0n) is 15.9. The molecular weight excluding hydrogens is 344 g/mol. The molecular formula is C25H26N2O. The Kier molecular flexibility index (Phi) is 5.95. The summed E-state index contributed by atoms with van der Waals surface area (Å²) in [6, 6.07) is 30.7. The maximum atomic E-state index is 13.2. The molecule has 0 bridgehead atoms. The Labute approximate surface area is 166 Å². The third-order valence-corrected chi connectivity index (χ3v) is 5.40. The van der Waals surface area contributed by atoms with Gasteiger partial charge in [-0.1, -0.05) is 91.0 Å². The van der Waals surface area contributed by atoms with Gasteiger partial charge in [0.2, 0.25) is 0 Å². The molecule has 1 saturated heterocycles. The molecule has 0 aromatic heterocycles. The highest BCUT2D eigenvalue weighted by Gasteiger charge is 2.34. The normalized spacial score (nSPS) is 21.9. The maximum Gasteiger partial charge on any atom is 0.181 e. The van der Waals surface area contributed by atoms with Gasteiger partial charge in [-0.25, -0.2) is 0 Å². The van der Waals surface area contributed by atoms with Crippen LogP contribution in [0.25, 0.3) is 0 Å². The molecule has 3 aromatic carbocycles. The minimum Gasteiger partial charge on any atom is -0.307 e. The summed E-state index contributed by atoms with van der Waals surface area (Å²) in [6.45, 7) is 0.781. The molecule has 0 spiro atoms. The number of carbonyl (C=O) groups excluding carboxylic acids is 1. The van der Waals surface area contributed by atoms with Gasteiger partial charge in [-0.05, 0) is 24.0 Å². The fourth-order valence-corrected chi connectivity index (χ4v) is 4.00. The summed E-state index contributed by atoms with van der Waals surface area (Å²) in [5.41, 5.74) is 3.32. The Morgan fingerprint density at radius 3 is 1.89 bits per heavy atom. The van der Waals surface area contributed by atoms with Crippen molar-refractivity contribution in [3.05, 3.63) is 108 Å². The Hall–Kier alpha value is -2.75. The van der Waals surface area contributed by atoms with Crippen LogP contribution in [0.1, 0.15) is 21.5 Å². The number of hydrogen-bond donors (Lipinski definition) is 2. The summed E-state index contributed by atoms with van der Waals surface area (Å²) in [7, 11) is 0. The second kappa shape index (κ2) is 8.96. The van der Waals surface area contributed by atoms with Crippen LogP contribution in [-0.2, 0) is 12.8 Å². The molecule has 1 aliphatic heterocycles.